The highest BCUT2D eigenvalue weighted by Crippen LogP contribution is 2.33. The van der Waals surface area contributed by atoms with Crippen LogP contribution in [0, 0.1) is 6.92 Å². The van der Waals surface area contributed by atoms with Gasteiger partial charge in [0.1, 0.15) is 5.75 Å². The average Bonchev–Trinajstić information content (AvgIpc) is 2.83. The van der Waals surface area contributed by atoms with Crippen molar-refractivity contribution >= 4 is 40.8 Å². The highest BCUT2D eigenvalue weighted by atomic mass is 35.5. The Kier molecular flexibility index (Phi) is 8.11. The van der Waals surface area contributed by atoms with Gasteiger partial charge in [0.15, 0.2) is 0 Å². The molecule has 186 valence electrons. The maximum absolute atomic E-state index is 12.9. The maximum atomic E-state index is 12.9. The number of hydrogen-bond donors (Lipinski definition) is 2. The minimum atomic E-state index is -4.65. The molecule has 3 aromatic rings. The van der Waals surface area contributed by atoms with Crippen LogP contribution in [0.1, 0.15) is 34.0 Å². The molecule has 0 aliphatic rings. The molecule has 0 radical (unpaired) electrons. The van der Waals surface area contributed by atoms with Crippen molar-refractivity contribution in [1.82, 2.24) is 5.43 Å². The van der Waals surface area contributed by atoms with Gasteiger partial charge in [-0.05, 0) is 74.0 Å². The fourth-order valence-electron chi connectivity index (χ4n) is 2.85. The summed E-state index contributed by atoms with van der Waals surface area (Å²) in [5, 5.41) is 5.67. The predicted molar refractivity (Wildman–Crippen MR) is 128 cm³/mol. The van der Waals surface area contributed by atoms with Crippen LogP contribution in [-0.4, -0.2) is 23.5 Å². The number of hydrazone groups is 1. The Morgan fingerprint density at radius 3 is 2.11 bits per heavy atom. The van der Waals surface area contributed by atoms with Crippen LogP contribution < -0.4 is 15.5 Å². The van der Waals surface area contributed by atoms with Crippen LogP contribution in [0.25, 0.3) is 0 Å². The zero-order valence-corrected chi connectivity index (χ0v) is 19.7. The van der Waals surface area contributed by atoms with Crippen molar-refractivity contribution in [2.24, 2.45) is 5.10 Å². The molecule has 3 aromatic carbocycles. The molecule has 36 heavy (non-hydrogen) atoms. The molecule has 0 saturated heterocycles. The molecule has 2 amide bonds. The predicted octanol–water partition coefficient (Wildman–Crippen LogP) is 5.37. The molecule has 0 aliphatic carbocycles. The molecule has 0 unspecified atom stereocenters. The van der Waals surface area contributed by atoms with Crippen LogP contribution in [0.2, 0.25) is 5.02 Å². The van der Waals surface area contributed by atoms with E-state index >= 15 is 0 Å². The van der Waals surface area contributed by atoms with E-state index < -0.39 is 29.5 Å². The molecule has 0 bridgehead atoms. The molecule has 0 saturated carbocycles. The zero-order valence-electron chi connectivity index (χ0n) is 18.9. The topological polar surface area (TPSA) is 96.9 Å². The van der Waals surface area contributed by atoms with Gasteiger partial charge in [0, 0.05) is 0 Å². The number of carbonyl (C=O) groups excluding carboxylic acids is 3. The monoisotopic (exact) mass is 517 g/mol. The Labute approximate surface area is 208 Å². The van der Waals surface area contributed by atoms with Gasteiger partial charge in [-0.3, -0.25) is 9.59 Å². The molecule has 2 N–H and O–H groups in total. The van der Waals surface area contributed by atoms with Crippen LogP contribution in [0.4, 0.5) is 18.9 Å². The SMILES string of the molecule is CC(=NNC(=O)C(=O)Nc1cc(C(F)(F)F)ccc1Cl)c1ccc(OC(=O)c2ccc(C)cc2)cc1. The number of halogens is 4. The molecule has 3 rings (SSSR count). The lowest BCUT2D eigenvalue weighted by Gasteiger charge is -2.11. The van der Waals surface area contributed by atoms with E-state index in [4.69, 9.17) is 16.3 Å². The summed E-state index contributed by atoms with van der Waals surface area (Å²) in [5.74, 6) is -2.71. The normalized spacial score (nSPS) is 11.6. The Bertz CT molecular complexity index is 1320. The number of nitrogens with zero attached hydrogens (tertiary/aromatic N) is 1. The smallest absolute Gasteiger partial charge is 0.416 e. The Morgan fingerprint density at radius 1 is 0.889 bits per heavy atom. The third-order valence-corrected chi connectivity index (χ3v) is 5.17. The number of ether oxygens (including phenoxy) is 1. The van der Waals surface area contributed by atoms with Crippen molar-refractivity contribution in [2.45, 2.75) is 20.0 Å². The summed E-state index contributed by atoms with van der Waals surface area (Å²) in [6.07, 6.45) is -4.65. The minimum absolute atomic E-state index is 0.174. The van der Waals surface area contributed by atoms with Gasteiger partial charge in [0.25, 0.3) is 0 Å². The lowest BCUT2D eigenvalue weighted by atomic mass is 10.1. The molecule has 0 aliphatic heterocycles. The maximum Gasteiger partial charge on any atom is 0.416 e. The number of hydrogen-bond acceptors (Lipinski definition) is 5. The van der Waals surface area contributed by atoms with Gasteiger partial charge in [-0.2, -0.15) is 18.3 Å². The van der Waals surface area contributed by atoms with Crippen molar-refractivity contribution in [1.29, 1.82) is 0 Å². The molecule has 11 heteroatoms. The van der Waals surface area contributed by atoms with Crippen molar-refractivity contribution < 1.29 is 32.3 Å². The Balaban J connectivity index is 1.60. The van der Waals surface area contributed by atoms with E-state index in [0.29, 0.717) is 28.7 Å². The van der Waals surface area contributed by atoms with Crippen molar-refractivity contribution in [3.63, 3.8) is 0 Å². The Morgan fingerprint density at radius 2 is 1.50 bits per heavy atom. The summed E-state index contributed by atoms with van der Waals surface area (Å²) < 4.78 is 43.9. The number of carbonyl (C=O) groups is 3. The number of esters is 1. The highest BCUT2D eigenvalue weighted by Gasteiger charge is 2.31. The summed E-state index contributed by atoms with van der Waals surface area (Å²) in [6, 6.07) is 15.5. The van der Waals surface area contributed by atoms with Crippen LogP contribution in [0.3, 0.4) is 0 Å². The van der Waals surface area contributed by atoms with Gasteiger partial charge in [0.05, 0.1) is 27.5 Å². The summed E-state index contributed by atoms with van der Waals surface area (Å²) in [7, 11) is 0. The summed E-state index contributed by atoms with van der Waals surface area (Å²) in [5.41, 5.74) is 2.88. The third kappa shape index (κ3) is 6.92. The van der Waals surface area contributed by atoms with Crippen molar-refractivity contribution in [2.75, 3.05) is 5.32 Å². The van der Waals surface area contributed by atoms with E-state index in [1.54, 1.807) is 43.3 Å². The van der Waals surface area contributed by atoms with Crippen LogP contribution in [0.15, 0.2) is 71.8 Å². The summed E-state index contributed by atoms with van der Waals surface area (Å²) in [4.78, 5) is 36.3. The molecule has 0 spiro atoms. The van der Waals surface area contributed by atoms with E-state index in [1.807, 2.05) is 17.7 Å². The van der Waals surface area contributed by atoms with E-state index in [2.05, 4.69) is 5.10 Å². The number of aryl methyl sites for hydroxylation is 1. The first-order valence-corrected chi connectivity index (χ1v) is 10.7. The lowest BCUT2D eigenvalue weighted by molar-refractivity contribution is -0.137. The summed E-state index contributed by atoms with van der Waals surface area (Å²) in [6.45, 7) is 3.45. The molecule has 0 heterocycles. The molecule has 0 fully saturated rings. The average molecular weight is 518 g/mol. The number of anilines is 1. The first-order chi connectivity index (χ1) is 16.9. The molecule has 7 nitrogen and oxygen atoms in total. The van der Waals surface area contributed by atoms with E-state index in [0.717, 1.165) is 17.7 Å². The van der Waals surface area contributed by atoms with Gasteiger partial charge in [-0.1, -0.05) is 29.3 Å². The zero-order chi connectivity index (χ0) is 26.5. The molecule has 0 atom stereocenters. The number of rotatable bonds is 5. The van der Waals surface area contributed by atoms with Gasteiger partial charge in [-0.15, -0.1) is 0 Å². The second-order valence-corrected chi connectivity index (χ2v) is 7.97. The van der Waals surface area contributed by atoms with Crippen LogP contribution in [0.5, 0.6) is 5.75 Å². The quantitative estimate of drug-likeness (QED) is 0.156. The van der Waals surface area contributed by atoms with Crippen molar-refractivity contribution in [3.05, 3.63) is 94.0 Å². The molecular formula is C25H19ClF3N3O4. The highest BCUT2D eigenvalue weighted by molar-refractivity contribution is 6.41. The fraction of sp³-hybridized carbons (Fsp3) is 0.120. The van der Waals surface area contributed by atoms with E-state index in [-0.39, 0.29) is 10.7 Å². The largest absolute Gasteiger partial charge is 0.423 e. The van der Waals surface area contributed by atoms with E-state index in [9.17, 15) is 27.6 Å². The van der Waals surface area contributed by atoms with Crippen molar-refractivity contribution in [3.8, 4) is 5.75 Å². The second kappa shape index (κ2) is 11.0. The lowest BCUT2D eigenvalue weighted by Crippen LogP contribution is -2.33. The standard InChI is InChI=1S/C25H19ClF3N3O4/c1-14-3-5-17(6-4-14)24(35)36-19-10-7-16(8-11-19)15(2)31-32-23(34)22(33)30-21-13-18(25(27,28)29)9-12-20(21)26/h3-13H,1-2H3,(H,30,33)(H,32,34). The third-order valence-electron chi connectivity index (χ3n) is 4.84. The van der Waals surface area contributed by atoms with E-state index in [1.165, 1.54) is 12.1 Å². The number of nitrogens with one attached hydrogen (secondary N) is 2. The van der Waals surface area contributed by atoms with Gasteiger partial charge >= 0.3 is 24.0 Å². The first-order valence-electron chi connectivity index (χ1n) is 10.4. The fourth-order valence-corrected chi connectivity index (χ4v) is 3.01. The number of benzene rings is 3. The number of alkyl halides is 3. The summed E-state index contributed by atoms with van der Waals surface area (Å²) >= 11 is 5.82. The first kappa shape index (κ1) is 26.4. The van der Waals surface area contributed by atoms with Gasteiger partial charge < -0.3 is 10.1 Å². The molecular weight excluding hydrogens is 499 g/mol. The van der Waals surface area contributed by atoms with Crippen LogP contribution in [-0.2, 0) is 15.8 Å². The Hall–Kier alpha value is -4.18. The molecule has 0 aromatic heterocycles. The second-order valence-electron chi connectivity index (χ2n) is 7.56. The minimum Gasteiger partial charge on any atom is -0.423 e. The number of amides is 2. The van der Waals surface area contributed by atoms with Crippen LogP contribution >= 0.6 is 11.6 Å². The van der Waals surface area contributed by atoms with Gasteiger partial charge in [-0.25, -0.2) is 10.2 Å². The van der Waals surface area contributed by atoms with Gasteiger partial charge in [0.2, 0.25) is 0 Å².